The van der Waals surface area contributed by atoms with E-state index in [1.165, 1.54) is 11.8 Å². The molecule has 0 fully saturated rings. The molecule has 0 amide bonds. The fraction of sp³-hybridized carbons (Fsp3) is 0.600. The highest BCUT2D eigenvalue weighted by atomic mass is 127. The molecule has 0 unspecified atom stereocenters. The number of hydrogen-bond donors (Lipinski definition) is 1. The van der Waals surface area contributed by atoms with Crippen molar-refractivity contribution in [3.63, 3.8) is 0 Å². The minimum Gasteiger partial charge on any atom is -1.00 e. The molecular weight excluding hydrogens is 261 g/mol. The maximum atomic E-state index is 5.38. The Morgan fingerprint density at radius 2 is 2.10 bits per heavy atom. The van der Waals surface area contributed by atoms with Gasteiger partial charge >= 0.3 is 0 Å². The molecule has 0 heterocycles. The number of nitrogens with zero attached hydrogens (tertiary/aromatic N) is 2. The number of rotatable bonds is 1. The number of nitrogens with two attached hydrogens (primary N) is 1. The normalized spacial score (nSPS) is 10.1. The SMILES string of the molecule is CSC(N)=NC=[N+](C)C.[I-]. The van der Waals surface area contributed by atoms with E-state index in [2.05, 4.69) is 4.99 Å². The molecule has 0 aliphatic rings. The molecule has 0 saturated carbocycles. The zero-order valence-electron chi connectivity index (χ0n) is 6.34. The zero-order valence-corrected chi connectivity index (χ0v) is 9.31. The Hall–Kier alpha value is 0.220. The van der Waals surface area contributed by atoms with E-state index in [9.17, 15) is 0 Å². The summed E-state index contributed by atoms with van der Waals surface area (Å²) in [4.78, 5) is 3.90. The first kappa shape index (κ1) is 12.9. The van der Waals surface area contributed by atoms with Crippen molar-refractivity contribution in [1.82, 2.24) is 0 Å². The standard InChI is InChI=1S/C5H11N3S.HI/c1-8(2)4-7-5(6)9-3;/h4,6H,1-3H3;1H. The monoisotopic (exact) mass is 273 g/mol. The third kappa shape index (κ3) is 8.22. The van der Waals surface area contributed by atoms with E-state index in [-0.39, 0.29) is 24.0 Å². The number of halogens is 1. The molecule has 3 nitrogen and oxygen atoms in total. The van der Waals surface area contributed by atoms with Gasteiger partial charge in [-0.25, -0.2) is 0 Å². The van der Waals surface area contributed by atoms with Gasteiger partial charge in [0.15, 0.2) is 0 Å². The van der Waals surface area contributed by atoms with Gasteiger partial charge in [-0.2, -0.15) is 0 Å². The summed E-state index contributed by atoms with van der Waals surface area (Å²) in [5.41, 5.74) is 5.38. The Kier molecular flexibility index (Phi) is 9.42. The molecular formula is C5H12IN3S. The highest BCUT2D eigenvalue weighted by Crippen LogP contribution is 1.87. The fourth-order valence-corrected chi connectivity index (χ4v) is 0.378. The van der Waals surface area contributed by atoms with Gasteiger partial charge < -0.3 is 29.7 Å². The van der Waals surface area contributed by atoms with Gasteiger partial charge in [0, 0.05) is 0 Å². The smallest absolute Gasteiger partial charge is 0.284 e. The van der Waals surface area contributed by atoms with Crippen LogP contribution in [-0.2, 0) is 0 Å². The lowest BCUT2D eigenvalue weighted by molar-refractivity contribution is -0.460. The number of aliphatic imine (C=N–C) groups is 1. The van der Waals surface area contributed by atoms with Crippen LogP contribution in [0.5, 0.6) is 0 Å². The molecule has 0 aromatic heterocycles. The fourth-order valence-electron chi connectivity index (χ4n) is 0.225. The summed E-state index contributed by atoms with van der Waals surface area (Å²) in [5.74, 6) is 0. The second-order valence-corrected chi connectivity index (χ2v) is 2.58. The minimum atomic E-state index is 0. The van der Waals surface area contributed by atoms with Gasteiger partial charge in [0.1, 0.15) is 0 Å². The van der Waals surface area contributed by atoms with Gasteiger partial charge in [0.05, 0.1) is 14.1 Å². The van der Waals surface area contributed by atoms with Crippen LogP contribution in [0.3, 0.4) is 0 Å². The van der Waals surface area contributed by atoms with E-state index in [1.54, 1.807) is 6.34 Å². The summed E-state index contributed by atoms with van der Waals surface area (Å²) < 4.78 is 1.84. The van der Waals surface area contributed by atoms with Crippen LogP contribution in [0.15, 0.2) is 4.99 Å². The largest absolute Gasteiger partial charge is 1.00 e. The predicted octanol–water partition coefficient (Wildman–Crippen LogP) is -3.03. The van der Waals surface area contributed by atoms with Crippen LogP contribution in [0.2, 0.25) is 0 Å². The van der Waals surface area contributed by atoms with Gasteiger partial charge in [0.2, 0.25) is 0 Å². The first-order valence-electron chi connectivity index (χ1n) is 2.54. The Morgan fingerprint density at radius 3 is 2.40 bits per heavy atom. The second-order valence-electron chi connectivity index (χ2n) is 1.75. The summed E-state index contributed by atoms with van der Waals surface area (Å²) in [6, 6.07) is 0. The summed E-state index contributed by atoms with van der Waals surface area (Å²) >= 11 is 1.44. The van der Waals surface area contributed by atoms with E-state index >= 15 is 0 Å². The van der Waals surface area contributed by atoms with Crippen molar-refractivity contribution in [3.8, 4) is 0 Å². The molecule has 0 rings (SSSR count). The van der Waals surface area contributed by atoms with Crippen LogP contribution < -0.4 is 29.7 Å². The average molecular weight is 273 g/mol. The van der Waals surface area contributed by atoms with E-state index in [0.29, 0.717) is 5.17 Å². The van der Waals surface area contributed by atoms with E-state index in [1.807, 2.05) is 24.9 Å². The number of thioether (sulfide) groups is 1. The Labute approximate surface area is 82.8 Å². The summed E-state index contributed by atoms with van der Waals surface area (Å²) in [6.45, 7) is 0. The van der Waals surface area contributed by atoms with Crippen molar-refractivity contribution in [2.24, 2.45) is 10.7 Å². The molecule has 10 heavy (non-hydrogen) atoms. The van der Waals surface area contributed by atoms with Crippen LogP contribution in [0.4, 0.5) is 0 Å². The predicted molar refractivity (Wildman–Crippen MR) is 43.3 cm³/mol. The maximum absolute atomic E-state index is 5.38. The van der Waals surface area contributed by atoms with Gasteiger partial charge in [-0.05, 0) is 11.2 Å². The van der Waals surface area contributed by atoms with Crippen LogP contribution in [0, 0.1) is 0 Å². The maximum Gasteiger partial charge on any atom is 0.284 e. The van der Waals surface area contributed by atoms with Gasteiger partial charge in [-0.15, -0.1) is 0 Å². The van der Waals surface area contributed by atoms with Crippen molar-refractivity contribution >= 4 is 23.3 Å². The molecule has 60 valence electrons. The highest BCUT2D eigenvalue weighted by Gasteiger charge is 1.90. The summed E-state index contributed by atoms with van der Waals surface area (Å²) in [5, 5.41) is 0.587. The zero-order chi connectivity index (χ0) is 7.28. The molecule has 0 aromatic rings. The van der Waals surface area contributed by atoms with Crippen molar-refractivity contribution < 1.29 is 28.6 Å². The second kappa shape index (κ2) is 7.33. The molecule has 0 saturated heterocycles. The third-order valence-electron chi connectivity index (χ3n) is 0.625. The molecule has 0 spiro atoms. The van der Waals surface area contributed by atoms with Crippen LogP contribution in [-0.4, -0.2) is 36.4 Å². The van der Waals surface area contributed by atoms with Crippen molar-refractivity contribution in [2.75, 3.05) is 20.4 Å². The Morgan fingerprint density at radius 1 is 1.60 bits per heavy atom. The van der Waals surface area contributed by atoms with Gasteiger partial charge in [0.25, 0.3) is 11.5 Å². The lowest BCUT2D eigenvalue weighted by Crippen LogP contribution is -3.00. The Bertz CT molecular complexity index is 140. The van der Waals surface area contributed by atoms with Crippen LogP contribution >= 0.6 is 11.8 Å². The van der Waals surface area contributed by atoms with Crippen molar-refractivity contribution in [2.45, 2.75) is 0 Å². The molecule has 0 aromatic carbocycles. The minimum absolute atomic E-state index is 0. The Balaban J connectivity index is 0. The van der Waals surface area contributed by atoms with Crippen LogP contribution in [0.25, 0.3) is 0 Å². The first-order chi connectivity index (χ1) is 4.16. The molecule has 5 heteroatoms. The van der Waals surface area contributed by atoms with E-state index in [4.69, 9.17) is 5.73 Å². The first-order valence-corrected chi connectivity index (χ1v) is 3.76. The molecule has 0 radical (unpaired) electrons. The van der Waals surface area contributed by atoms with E-state index < -0.39 is 0 Å². The molecule has 0 aliphatic heterocycles. The van der Waals surface area contributed by atoms with Gasteiger partial charge in [-0.3, -0.25) is 4.58 Å². The van der Waals surface area contributed by atoms with Crippen molar-refractivity contribution in [1.29, 1.82) is 0 Å². The summed E-state index contributed by atoms with van der Waals surface area (Å²) in [6.07, 6.45) is 3.56. The quantitative estimate of drug-likeness (QED) is 0.239. The van der Waals surface area contributed by atoms with Crippen molar-refractivity contribution in [3.05, 3.63) is 0 Å². The molecule has 0 atom stereocenters. The summed E-state index contributed by atoms with van der Waals surface area (Å²) in [7, 11) is 3.80. The van der Waals surface area contributed by atoms with Crippen LogP contribution in [0.1, 0.15) is 0 Å². The number of amidine groups is 1. The lowest BCUT2D eigenvalue weighted by Gasteiger charge is -1.82. The number of hydrogen-bond acceptors (Lipinski definition) is 1. The molecule has 0 aliphatic carbocycles. The topological polar surface area (TPSA) is 41.4 Å². The average Bonchev–Trinajstić information content (AvgIpc) is 1.83. The van der Waals surface area contributed by atoms with Gasteiger partial charge in [-0.1, -0.05) is 11.8 Å². The lowest BCUT2D eigenvalue weighted by atomic mass is 11.0. The van der Waals surface area contributed by atoms with E-state index in [0.717, 1.165) is 0 Å². The molecule has 0 bridgehead atoms. The third-order valence-corrected chi connectivity index (χ3v) is 1.15. The molecule has 2 N–H and O–H groups in total. The highest BCUT2D eigenvalue weighted by molar-refractivity contribution is 8.13.